The molecule has 0 spiro atoms. The van der Waals surface area contributed by atoms with Crippen molar-refractivity contribution in [3.05, 3.63) is 63.7 Å². The maximum atomic E-state index is 11.2. The molecule has 0 unspecified atom stereocenters. The lowest BCUT2D eigenvalue weighted by atomic mass is 10.1. The lowest BCUT2D eigenvalue weighted by molar-refractivity contribution is -0.384. The molecule has 7 nitrogen and oxygen atoms in total. The normalized spacial score (nSPS) is 14.0. The summed E-state index contributed by atoms with van der Waals surface area (Å²) in [5, 5.41) is 23.3. The number of para-hydroxylation sites is 1. The molecule has 7 heteroatoms. The van der Waals surface area contributed by atoms with Gasteiger partial charge in [0.05, 0.1) is 29.8 Å². The monoisotopic (exact) mass is 338 g/mol. The topological polar surface area (TPSA) is 91.4 Å². The number of ether oxygens (including phenoxy) is 1. The van der Waals surface area contributed by atoms with E-state index in [1.165, 1.54) is 6.07 Å². The molecule has 0 bridgehead atoms. The van der Waals surface area contributed by atoms with Crippen LogP contribution < -0.4 is 10.2 Å². The number of hydrogen-bond acceptors (Lipinski definition) is 6. The van der Waals surface area contributed by atoms with E-state index in [-0.39, 0.29) is 11.3 Å². The van der Waals surface area contributed by atoms with E-state index >= 15 is 0 Å². The van der Waals surface area contributed by atoms with E-state index < -0.39 is 4.92 Å². The summed E-state index contributed by atoms with van der Waals surface area (Å²) in [6.07, 6.45) is 0. The maximum Gasteiger partial charge on any atom is 0.293 e. The average molecular weight is 338 g/mol. The fraction of sp³-hybridized carbons (Fsp3) is 0.278. The zero-order valence-electron chi connectivity index (χ0n) is 13.6. The Morgan fingerprint density at radius 1 is 1.24 bits per heavy atom. The van der Waals surface area contributed by atoms with Crippen molar-refractivity contribution in [2.75, 3.05) is 36.5 Å². The van der Waals surface area contributed by atoms with E-state index in [0.29, 0.717) is 25.4 Å². The minimum Gasteiger partial charge on any atom is -0.378 e. The molecule has 1 N–H and O–H groups in total. The van der Waals surface area contributed by atoms with Gasteiger partial charge in [0.1, 0.15) is 5.69 Å². The number of nitriles is 1. The van der Waals surface area contributed by atoms with Gasteiger partial charge in [-0.2, -0.15) is 5.26 Å². The number of nitro groups is 1. The molecule has 0 saturated carbocycles. The molecule has 1 fully saturated rings. The van der Waals surface area contributed by atoms with Gasteiger partial charge in [-0.3, -0.25) is 10.1 Å². The molecule has 0 atom stereocenters. The molecule has 128 valence electrons. The smallest absolute Gasteiger partial charge is 0.293 e. The van der Waals surface area contributed by atoms with E-state index in [0.717, 1.165) is 24.3 Å². The quantitative estimate of drug-likeness (QED) is 0.666. The van der Waals surface area contributed by atoms with Gasteiger partial charge in [-0.1, -0.05) is 18.2 Å². The van der Waals surface area contributed by atoms with Gasteiger partial charge < -0.3 is 15.0 Å². The Hall–Kier alpha value is -3.11. The van der Waals surface area contributed by atoms with Crippen LogP contribution in [0.2, 0.25) is 0 Å². The second kappa shape index (κ2) is 7.64. The summed E-state index contributed by atoms with van der Waals surface area (Å²) in [7, 11) is 0. The molecular weight excluding hydrogens is 320 g/mol. The summed E-state index contributed by atoms with van der Waals surface area (Å²) in [6.45, 7) is 3.51. The molecule has 2 aromatic rings. The molecular formula is C18H18N4O3. The van der Waals surface area contributed by atoms with Crippen LogP contribution in [0.5, 0.6) is 0 Å². The Labute approximate surface area is 145 Å². The third-order valence-electron chi connectivity index (χ3n) is 4.14. The molecule has 0 amide bonds. The van der Waals surface area contributed by atoms with Gasteiger partial charge in [-0.05, 0) is 23.8 Å². The molecule has 2 aromatic carbocycles. The first kappa shape index (κ1) is 16.7. The summed E-state index contributed by atoms with van der Waals surface area (Å²) in [4.78, 5) is 13.0. The zero-order valence-corrected chi connectivity index (χ0v) is 13.6. The van der Waals surface area contributed by atoms with Gasteiger partial charge in [-0.15, -0.1) is 0 Å². The molecule has 0 aromatic heterocycles. The van der Waals surface area contributed by atoms with Crippen molar-refractivity contribution in [1.82, 2.24) is 0 Å². The highest BCUT2D eigenvalue weighted by Gasteiger charge is 2.17. The molecule has 1 heterocycles. The van der Waals surface area contributed by atoms with Crippen molar-refractivity contribution in [3.63, 3.8) is 0 Å². The molecule has 0 radical (unpaired) electrons. The van der Waals surface area contributed by atoms with Crippen LogP contribution in [-0.2, 0) is 11.3 Å². The van der Waals surface area contributed by atoms with Crippen LogP contribution >= 0.6 is 0 Å². The van der Waals surface area contributed by atoms with Gasteiger partial charge in [-0.25, -0.2) is 0 Å². The Kier molecular flexibility index (Phi) is 5.11. The average Bonchev–Trinajstić information content (AvgIpc) is 2.67. The highest BCUT2D eigenvalue weighted by molar-refractivity contribution is 5.65. The first-order valence-corrected chi connectivity index (χ1v) is 8.02. The number of rotatable bonds is 5. The Balaban J connectivity index is 1.81. The van der Waals surface area contributed by atoms with Crippen LogP contribution in [0.4, 0.5) is 17.1 Å². The number of nitro benzene ring substituents is 1. The van der Waals surface area contributed by atoms with Crippen LogP contribution in [0.15, 0.2) is 42.5 Å². The number of nitrogens with one attached hydrogen (secondary N) is 1. The Bertz CT molecular complexity index is 810. The van der Waals surface area contributed by atoms with E-state index in [1.54, 1.807) is 12.1 Å². The SMILES string of the molecule is N#Cc1ccc(NCc2ccccc2N2CCOCC2)c([N+](=O)[O-])c1. The van der Waals surface area contributed by atoms with Crippen LogP contribution in [0.3, 0.4) is 0 Å². The van der Waals surface area contributed by atoms with E-state index in [4.69, 9.17) is 10.00 Å². The largest absolute Gasteiger partial charge is 0.378 e. The molecule has 1 aliphatic rings. The Morgan fingerprint density at radius 2 is 2.00 bits per heavy atom. The molecule has 1 saturated heterocycles. The second-order valence-electron chi connectivity index (χ2n) is 5.68. The van der Waals surface area contributed by atoms with Gasteiger partial charge >= 0.3 is 0 Å². The predicted molar refractivity (Wildman–Crippen MR) is 94.6 cm³/mol. The first-order valence-electron chi connectivity index (χ1n) is 8.02. The summed E-state index contributed by atoms with van der Waals surface area (Å²) in [6, 6.07) is 14.4. The summed E-state index contributed by atoms with van der Waals surface area (Å²) < 4.78 is 5.40. The fourth-order valence-corrected chi connectivity index (χ4v) is 2.87. The van der Waals surface area contributed by atoms with Crippen LogP contribution in [0, 0.1) is 21.4 Å². The third-order valence-corrected chi connectivity index (χ3v) is 4.14. The van der Waals surface area contributed by atoms with Crippen molar-refractivity contribution in [2.24, 2.45) is 0 Å². The fourth-order valence-electron chi connectivity index (χ4n) is 2.87. The number of hydrogen-bond donors (Lipinski definition) is 1. The van der Waals surface area contributed by atoms with Crippen molar-refractivity contribution in [3.8, 4) is 6.07 Å². The molecule has 25 heavy (non-hydrogen) atoms. The summed E-state index contributed by atoms with van der Waals surface area (Å²) in [5.74, 6) is 0. The summed E-state index contributed by atoms with van der Waals surface area (Å²) >= 11 is 0. The van der Waals surface area contributed by atoms with Crippen LogP contribution in [-0.4, -0.2) is 31.2 Å². The first-order chi connectivity index (χ1) is 12.2. The van der Waals surface area contributed by atoms with E-state index in [9.17, 15) is 10.1 Å². The number of anilines is 2. The zero-order chi connectivity index (χ0) is 17.6. The third kappa shape index (κ3) is 3.87. The molecule has 3 rings (SSSR count). The maximum absolute atomic E-state index is 11.2. The van der Waals surface area contributed by atoms with Crippen molar-refractivity contribution >= 4 is 17.1 Å². The van der Waals surface area contributed by atoms with Gasteiger partial charge in [0, 0.05) is 31.4 Å². The van der Waals surface area contributed by atoms with Gasteiger partial charge in [0.2, 0.25) is 0 Å². The summed E-state index contributed by atoms with van der Waals surface area (Å²) in [5.41, 5.74) is 2.74. The number of benzene rings is 2. The van der Waals surface area contributed by atoms with Gasteiger partial charge in [0.25, 0.3) is 5.69 Å². The molecule has 1 aliphatic heterocycles. The molecule has 0 aliphatic carbocycles. The Morgan fingerprint density at radius 3 is 2.72 bits per heavy atom. The van der Waals surface area contributed by atoms with E-state index in [1.807, 2.05) is 24.3 Å². The lowest BCUT2D eigenvalue weighted by Crippen LogP contribution is -2.36. The standard InChI is InChI=1S/C18H18N4O3/c19-12-14-5-6-16(18(11-14)22(23)24)20-13-15-3-1-2-4-17(15)21-7-9-25-10-8-21/h1-6,11,20H,7-10,13H2. The highest BCUT2D eigenvalue weighted by atomic mass is 16.6. The van der Waals surface area contributed by atoms with Crippen LogP contribution in [0.25, 0.3) is 0 Å². The van der Waals surface area contributed by atoms with Crippen LogP contribution in [0.1, 0.15) is 11.1 Å². The number of morpholine rings is 1. The number of nitrogens with zero attached hydrogens (tertiary/aromatic N) is 3. The minimum atomic E-state index is -0.475. The minimum absolute atomic E-state index is 0.0945. The second-order valence-corrected chi connectivity index (χ2v) is 5.68. The lowest BCUT2D eigenvalue weighted by Gasteiger charge is -2.30. The van der Waals surface area contributed by atoms with Gasteiger partial charge in [0.15, 0.2) is 0 Å². The van der Waals surface area contributed by atoms with Crippen molar-refractivity contribution in [1.29, 1.82) is 5.26 Å². The van der Waals surface area contributed by atoms with Crippen molar-refractivity contribution < 1.29 is 9.66 Å². The van der Waals surface area contributed by atoms with Crippen molar-refractivity contribution in [2.45, 2.75) is 6.54 Å². The highest BCUT2D eigenvalue weighted by Crippen LogP contribution is 2.28. The predicted octanol–water partition coefficient (Wildman–Crippen LogP) is 2.92. The van der Waals surface area contributed by atoms with E-state index in [2.05, 4.69) is 16.3 Å².